The molecular formula is C11H14N2O. The maximum atomic E-state index is 10.9. The molecule has 3 nitrogen and oxygen atoms in total. The molecule has 1 atom stereocenters. The Morgan fingerprint density at radius 1 is 1.57 bits per heavy atom. The molecule has 1 unspecified atom stereocenters. The van der Waals surface area contributed by atoms with Crippen LogP contribution >= 0.6 is 0 Å². The minimum absolute atomic E-state index is 0.0275. The number of nitrogens with two attached hydrogens (primary N) is 1. The first-order valence-corrected chi connectivity index (χ1v) is 4.82. The molecule has 0 spiro atoms. The second-order valence-electron chi connectivity index (χ2n) is 3.75. The Balaban J connectivity index is 2.26. The first kappa shape index (κ1) is 9.06. The summed E-state index contributed by atoms with van der Waals surface area (Å²) in [5.41, 5.74) is 8.97. The largest absolute Gasteiger partial charge is 0.399 e. The Bertz CT molecular complexity index is 374. The molecule has 3 N–H and O–H groups in total. The van der Waals surface area contributed by atoms with Gasteiger partial charge in [-0.25, -0.2) is 0 Å². The molecule has 1 aromatic rings. The number of hydrogen-bond donors (Lipinski definition) is 2. The van der Waals surface area contributed by atoms with Crippen LogP contribution in [-0.4, -0.2) is 5.91 Å². The van der Waals surface area contributed by atoms with Crippen molar-refractivity contribution in [2.45, 2.75) is 25.8 Å². The van der Waals surface area contributed by atoms with Gasteiger partial charge in [0.05, 0.1) is 6.04 Å². The lowest BCUT2D eigenvalue weighted by molar-refractivity contribution is -0.119. The van der Waals surface area contributed by atoms with E-state index in [2.05, 4.69) is 5.32 Å². The molecule has 0 heterocycles. The average Bonchev–Trinajstić information content (AvgIpc) is 2.47. The van der Waals surface area contributed by atoms with Crippen molar-refractivity contribution >= 4 is 11.6 Å². The normalized spacial score (nSPS) is 19.1. The third kappa shape index (κ3) is 1.58. The fourth-order valence-corrected chi connectivity index (χ4v) is 2.03. The molecule has 0 aliphatic heterocycles. The second kappa shape index (κ2) is 3.33. The molecule has 1 aliphatic carbocycles. The van der Waals surface area contributed by atoms with Gasteiger partial charge in [-0.3, -0.25) is 4.79 Å². The Kier molecular flexibility index (Phi) is 2.15. The number of rotatable bonds is 1. The van der Waals surface area contributed by atoms with E-state index in [1.165, 1.54) is 11.1 Å². The van der Waals surface area contributed by atoms with Gasteiger partial charge in [-0.15, -0.1) is 0 Å². The minimum Gasteiger partial charge on any atom is -0.399 e. The van der Waals surface area contributed by atoms with Crippen LogP contribution in [0.15, 0.2) is 18.2 Å². The Morgan fingerprint density at radius 3 is 3.07 bits per heavy atom. The highest BCUT2D eigenvalue weighted by Crippen LogP contribution is 2.32. The standard InChI is InChI=1S/C11H14N2O/c1-7(14)13-11-5-2-8-6-9(12)3-4-10(8)11/h3-4,6,11H,2,5,12H2,1H3,(H,13,14). The molecule has 0 fully saturated rings. The summed E-state index contributed by atoms with van der Waals surface area (Å²) in [6.07, 6.45) is 1.99. The van der Waals surface area contributed by atoms with Crippen molar-refractivity contribution in [2.24, 2.45) is 0 Å². The third-order valence-corrected chi connectivity index (χ3v) is 2.62. The Hall–Kier alpha value is -1.51. The van der Waals surface area contributed by atoms with Gasteiger partial charge in [0.2, 0.25) is 5.91 Å². The molecular weight excluding hydrogens is 176 g/mol. The lowest BCUT2D eigenvalue weighted by Gasteiger charge is -2.12. The van der Waals surface area contributed by atoms with Crippen molar-refractivity contribution in [3.8, 4) is 0 Å². The number of fused-ring (bicyclic) bond motifs is 1. The van der Waals surface area contributed by atoms with Crippen molar-refractivity contribution in [3.63, 3.8) is 0 Å². The lowest BCUT2D eigenvalue weighted by atomic mass is 10.1. The van der Waals surface area contributed by atoms with Crippen LogP contribution in [0.4, 0.5) is 5.69 Å². The molecule has 1 aliphatic rings. The number of carbonyl (C=O) groups excluding carboxylic acids is 1. The van der Waals surface area contributed by atoms with Gasteiger partial charge < -0.3 is 11.1 Å². The number of anilines is 1. The second-order valence-corrected chi connectivity index (χ2v) is 3.75. The van der Waals surface area contributed by atoms with Gasteiger partial charge in [0, 0.05) is 12.6 Å². The topological polar surface area (TPSA) is 55.1 Å². The van der Waals surface area contributed by atoms with E-state index in [-0.39, 0.29) is 11.9 Å². The van der Waals surface area contributed by atoms with E-state index in [0.717, 1.165) is 18.5 Å². The number of nitrogen functional groups attached to an aromatic ring is 1. The molecule has 1 aromatic carbocycles. The SMILES string of the molecule is CC(=O)NC1CCc2cc(N)ccc21. The number of nitrogens with one attached hydrogen (secondary N) is 1. The first-order valence-electron chi connectivity index (χ1n) is 4.82. The molecule has 0 saturated heterocycles. The van der Waals surface area contributed by atoms with Crippen LogP contribution in [0, 0.1) is 0 Å². The zero-order valence-corrected chi connectivity index (χ0v) is 8.21. The zero-order valence-electron chi connectivity index (χ0n) is 8.21. The fourth-order valence-electron chi connectivity index (χ4n) is 2.03. The predicted octanol–water partition coefficient (Wildman–Crippen LogP) is 1.39. The number of benzene rings is 1. The summed E-state index contributed by atoms with van der Waals surface area (Å²) in [5, 5.41) is 2.94. The lowest BCUT2D eigenvalue weighted by Crippen LogP contribution is -2.24. The average molecular weight is 190 g/mol. The summed E-state index contributed by atoms with van der Waals surface area (Å²) in [4.78, 5) is 10.9. The van der Waals surface area contributed by atoms with Crippen LogP contribution < -0.4 is 11.1 Å². The van der Waals surface area contributed by atoms with Gasteiger partial charge in [-0.2, -0.15) is 0 Å². The molecule has 0 radical (unpaired) electrons. The smallest absolute Gasteiger partial charge is 0.217 e. The molecule has 14 heavy (non-hydrogen) atoms. The summed E-state index contributed by atoms with van der Waals surface area (Å²) in [6, 6.07) is 6.08. The molecule has 0 saturated carbocycles. The number of aryl methyl sites for hydroxylation is 1. The first-order chi connectivity index (χ1) is 6.66. The monoisotopic (exact) mass is 190 g/mol. The highest BCUT2D eigenvalue weighted by atomic mass is 16.1. The highest BCUT2D eigenvalue weighted by Gasteiger charge is 2.22. The number of amides is 1. The van der Waals surface area contributed by atoms with Gasteiger partial charge in [-0.05, 0) is 36.1 Å². The quantitative estimate of drug-likeness (QED) is 0.657. The molecule has 3 heteroatoms. The van der Waals surface area contributed by atoms with Crippen LogP contribution in [0.1, 0.15) is 30.5 Å². The van der Waals surface area contributed by atoms with E-state index in [1.807, 2.05) is 18.2 Å². The molecule has 74 valence electrons. The van der Waals surface area contributed by atoms with Crippen molar-refractivity contribution in [1.29, 1.82) is 0 Å². The van der Waals surface area contributed by atoms with Crippen LogP contribution in [-0.2, 0) is 11.2 Å². The van der Waals surface area contributed by atoms with Crippen LogP contribution in [0.5, 0.6) is 0 Å². The van der Waals surface area contributed by atoms with Crippen LogP contribution in [0.3, 0.4) is 0 Å². The van der Waals surface area contributed by atoms with E-state index in [4.69, 9.17) is 5.73 Å². The van der Waals surface area contributed by atoms with Crippen molar-refractivity contribution in [1.82, 2.24) is 5.32 Å². The van der Waals surface area contributed by atoms with Gasteiger partial charge in [0.1, 0.15) is 0 Å². The summed E-state index contributed by atoms with van der Waals surface area (Å²) in [7, 11) is 0. The maximum Gasteiger partial charge on any atom is 0.217 e. The summed E-state index contributed by atoms with van der Waals surface area (Å²) in [5.74, 6) is 0.0275. The van der Waals surface area contributed by atoms with E-state index in [9.17, 15) is 4.79 Å². The number of carbonyl (C=O) groups is 1. The van der Waals surface area contributed by atoms with Gasteiger partial charge in [-0.1, -0.05) is 6.07 Å². The Labute approximate surface area is 83.3 Å². The maximum absolute atomic E-state index is 10.9. The molecule has 2 rings (SSSR count). The minimum atomic E-state index is 0.0275. The van der Waals surface area contributed by atoms with E-state index in [0.29, 0.717) is 0 Å². The fraction of sp³-hybridized carbons (Fsp3) is 0.364. The summed E-state index contributed by atoms with van der Waals surface area (Å²) >= 11 is 0. The van der Waals surface area contributed by atoms with Gasteiger partial charge >= 0.3 is 0 Å². The highest BCUT2D eigenvalue weighted by molar-refractivity contribution is 5.73. The third-order valence-electron chi connectivity index (χ3n) is 2.62. The molecule has 1 amide bonds. The van der Waals surface area contributed by atoms with Gasteiger partial charge in [0.25, 0.3) is 0 Å². The van der Waals surface area contributed by atoms with Gasteiger partial charge in [0.15, 0.2) is 0 Å². The number of hydrogen-bond acceptors (Lipinski definition) is 2. The summed E-state index contributed by atoms with van der Waals surface area (Å²) < 4.78 is 0. The van der Waals surface area contributed by atoms with Crippen molar-refractivity contribution in [2.75, 3.05) is 5.73 Å². The zero-order chi connectivity index (χ0) is 10.1. The Morgan fingerprint density at radius 2 is 2.36 bits per heavy atom. The van der Waals surface area contributed by atoms with E-state index in [1.54, 1.807) is 6.92 Å². The van der Waals surface area contributed by atoms with E-state index >= 15 is 0 Å². The van der Waals surface area contributed by atoms with Crippen molar-refractivity contribution in [3.05, 3.63) is 29.3 Å². The van der Waals surface area contributed by atoms with Crippen LogP contribution in [0.2, 0.25) is 0 Å². The van der Waals surface area contributed by atoms with E-state index < -0.39 is 0 Å². The predicted molar refractivity (Wildman–Crippen MR) is 55.7 cm³/mol. The van der Waals surface area contributed by atoms with Crippen molar-refractivity contribution < 1.29 is 4.79 Å². The summed E-state index contributed by atoms with van der Waals surface area (Å²) in [6.45, 7) is 1.55. The van der Waals surface area contributed by atoms with Crippen LogP contribution in [0.25, 0.3) is 0 Å². The molecule has 0 bridgehead atoms. The molecule has 0 aromatic heterocycles.